The Morgan fingerprint density at radius 2 is 1.70 bits per heavy atom. The maximum Gasteiger partial charge on any atom is 0.295 e. The molecule has 0 bridgehead atoms. The molecular formula is C26H18ClFN4O. The molecule has 0 aliphatic heterocycles. The van der Waals surface area contributed by atoms with E-state index in [1.165, 1.54) is 12.1 Å². The van der Waals surface area contributed by atoms with Gasteiger partial charge >= 0.3 is 0 Å². The predicted molar refractivity (Wildman–Crippen MR) is 128 cm³/mol. The zero-order valence-electron chi connectivity index (χ0n) is 17.6. The quantitative estimate of drug-likeness (QED) is 0.338. The van der Waals surface area contributed by atoms with Crippen molar-refractivity contribution in [1.29, 1.82) is 0 Å². The molecule has 5 aromatic rings. The maximum absolute atomic E-state index is 13.5. The summed E-state index contributed by atoms with van der Waals surface area (Å²) in [7, 11) is 0. The minimum Gasteiger partial charge on any atom is -0.319 e. The molecule has 5 rings (SSSR count). The highest BCUT2D eigenvalue weighted by atomic mass is 35.5. The summed E-state index contributed by atoms with van der Waals surface area (Å²) in [6.07, 6.45) is 0. The van der Waals surface area contributed by atoms with Gasteiger partial charge in [0.25, 0.3) is 5.91 Å². The average Bonchev–Trinajstić information content (AvgIpc) is 3.27. The van der Waals surface area contributed by atoms with E-state index >= 15 is 0 Å². The summed E-state index contributed by atoms with van der Waals surface area (Å²) in [5.41, 5.74) is 2.72. The first kappa shape index (κ1) is 20.8. The zero-order valence-corrected chi connectivity index (χ0v) is 18.3. The van der Waals surface area contributed by atoms with Crippen LogP contribution in [0.5, 0.6) is 0 Å². The van der Waals surface area contributed by atoms with Crippen LogP contribution in [0.1, 0.15) is 16.2 Å². The monoisotopic (exact) mass is 456 g/mol. The van der Waals surface area contributed by atoms with Gasteiger partial charge in [-0.1, -0.05) is 48.0 Å². The van der Waals surface area contributed by atoms with Crippen molar-refractivity contribution in [2.45, 2.75) is 6.92 Å². The summed E-state index contributed by atoms with van der Waals surface area (Å²) in [5, 5.41) is 10.00. The molecule has 1 heterocycles. The van der Waals surface area contributed by atoms with Crippen molar-refractivity contribution >= 4 is 34.0 Å². The number of benzene rings is 4. The molecule has 0 radical (unpaired) electrons. The number of amides is 1. The third kappa shape index (κ3) is 4.08. The number of hydrogen-bond donors (Lipinski definition) is 1. The summed E-state index contributed by atoms with van der Waals surface area (Å²) >= 11 is 6.32. The number of hydrogen-bond acceptors (Lipinski definition) is 3. The highest BCUT2D eigenvalue weighted by Gasteiger charge is 2.20. The Hall–Kier alpha value is -4.03. The lowest BCUT2D eigenvalue weighted by molar-refractivity contribution is 0.101. The molecule has 5 nitrogen and oxygen atoms in total. The normalized spacial score (nSPS) is 11.0. The molecule has 0 saturated carbocycles. The van der Waals surface area contributed by atoms with E-state index in [1.54, 1.807) is 28.9 Å². The van der Waals surface area contributed by atoms with Crippen LogP contribution in [-0.2, 0) is 0 Å². The van der Waals surface area contributed by atoms with Crippen LogP contribution in [0.15, 0.2) is 84.9 Å². The van der Waals surface area contributed by atoms with E-state index < -0.39 is 5.91 Å². The van der Waals surface area contributed by atoms with Gasteiger partial charge in [-0.25, -0.2) is 14.1 Å². The lowest BCUT2D eigenvalue weighted by atomic mass is 10.1. The van der Waals surface area contributed by atoms with Crippen molar-refractivity contribution in [2.24, 2.45) is 0 Å². The third-order valence-corrected chi connectivity index (χ3v) is 5.80. The summed E-state index contributed by atoms with van der Waals surface area (Å²) in [5.74, 6) is -0.420. The first-order chi connectivity index (χ1) is 16.0. The van der Waals surface area contributed by atoms with Gasteiger partial charge in [-0.3, -0.25) is 4.79 Å². The van der Waals surface area contributed by atoms with Gasteiger partial charge in [0.1, 0.15) is 5.82 Å². The molecule has 1 aromatic heterocycles. The number of anilines is 1. The molecule has 0 aliphatic rings. The molecule has 0 atom stereocenters. The summed E-state index contributed by atoms with van der Waals surface area (Å²) in [6.45, 7) is 1.86. The van der Waals surface area contributed by atoms with Crippen LogP contribution in [0.3, 0.4) is 0 Å². The summed E-state index contributed by atoms with van der Waals surface area (Å²) in [4.78, 5) is 17.5. The summed E-state index contributed by atoms with van der Waals surface area (Å²) in [6, 6.07) is 24.9. The van der Waals surface area contributed by atoms with Crippen LogP contribution in [0.25, 0.3) is 27.8 Å². The molecule has 1 N–H and O–H groups in total. The van der Waals surface area contributed by atoms with Gasteiger partial charge in [-0.05, 0) is 71.8 Å². The molecule has 0 saturated heterocycles. The minimum atomic E-state index is -0.452. The Bertz CT molecular complexity index is 1490. The van der Waals surface area contributed by atoms with Gasteiger partial charge in [-0.2, -0.15) is 0 Å². The van der Waals surface area contributed by atoms with Crippen molar-refractivity contribution in [3.8, 4) is 17.1 Å². The maximum atomic E-state index is 13.5. The first-order valence-electron chi connectivity index (χ1n) is 10.3. The van der Waals surface area contributed by atoms with Crippen molar-refractivity contribution in [2.75, 3.05) is 5.32 Å². The van der Waals surface area contributed by atoms with Crippen molar-refractivity contribution in [3.63, 3.8) is 0 Å². The second-order valence-electron chi connectivity index (χ2n) is 7.58. The van der Waals surface area contributed by atoms with Crippen molar-refractivity contribution in [1.82, 2.24) is 14.8 Å². The third-order valence-electron chi connectivity index (χ3n) is 5.39. The molecule has 4 aromatic carbocycles. The Morgan fingerprint density at radius 3 is 2.48 bits per heavy atom. The number of nitrogens with one attached hydrogen (secondary N) is 1. The van der Waals surface area contributed by atoms with Crippen LogP contribution in [0, 0.1) is 12.7 Å². The number of carbonyl (C=O) groups is 1. The molecule has 7 heteroatoms. The van der Waals surface area contributed by atoms with Crippen LogP contribution in [0.4, 0.5) is 10.1 Å². The predicted octanol–water partition coefficient (Wildman–Crippen LogP) is 6.44. The van der Waals surface area contributed by atoms with Crippen LogP contribution in [0.2, 0.25) is 5.02 Å². The van der Waals surface area contributed by atoms with Gasteiger partial charge in [0, 0.05) is 16.3 Å². The van der Waals surface area contributed by atoms with E-state index in [2.05, 4.69) is 15.4 Å². The fourth-order valence-electron chi connectivity index (χ4n) is 3.64. The number of nitrogens with zero attached hydrogens (tertiary/aromatic N) is 3. The highest BCUT2D eigenvalue weighted by molar-refractivity contribution is 6.31. The van der Waals surface area contributed by atoms with E-state index in [0.717, 1.165) is 16.3 Å². The molecule has 0 fully saturated rings. The molecule has 162 valence electrons. The fraction of sp³-hybridized carbons (Fsp3) is 0.0385. The SMILES string of the molecule is Cc1c(Cl)cccc1-n1nc(C(=O)Nc2ccc3ccccc3c2)nc1-c1ccc(F)cc1. The van der Waals surface area contributed by atoms with E-state index in [9.17, 15) is 9.18 Å². The number of halogens is 2. The number of aromatic nitrogens is 3. The average molecular weight is 457 g/mol. The van der Waals surface area contributed by atoms with Crippen molar-refractivity contribution < 1.29 is 9.18 Å². The van der Waals surface area contributed by atoms with Gasteiger partial charge in [0.2, 0.25) is 5.82 Å². The Morgan fingerprint density at radius 1 is 0.939 bits per heavy atom. The smallest absolute Gasteiger partial charge is 0.295 e. The number of rotatable bonds is 4. The fourth-order valence-corrected chi connectivity index (χ4v) is 3.81. The van der Waals surface area contributed by atoms with Gasteiger partial charge < -0.3 is 5.32 Å². The standard InChI is InChI=1S/C26H18ClFN4O/c1-16-22(27)7-4-8-23(16)32-25(18-9-12-20(28)13-10-18)30-24(31-32)26(33)29-21-14-11-17-5-2-3-6-19(17)15-21/h2-15H,1H3,(H,29,33). The summed E-state index contributed by atoms with van der Waals surface area (Å²) < 4.78 is 15.1. The topological polar surface area (TPSA) is 59.8 Å². The number of fused-ring (bicyclic) bond motifs is 1. The first-order valence-corrected chi connectivity index (χ1v) is 10.7. The second-order valence-corrected chi connectivity index (χ2v) is 7.98. The Balaban J connectivity index is 1.56. The van der Waals surface area contributed by atoms with Crippen LogP contribution >= 0.6 is 11.6 Å². The Kier molecular flexibility index (Phi) is 5.36. The molecule has 33 heavy (non-hydrogen) atoms. The van der Waals surface area contributed by atoms with Gasteiger partial charge in [0.05, 0.1) is 5.69 Å². The molecular weight excluding hydrogens is 439 g/mol. The molecule has 0 aliphatic carbocycles. The van der Waals surface area contributed by atoms with E-state index in [1.807, 2.05) is 55.5 Å². The molecule has 0 unspecified atom stereocenters. The molecule has 0 spiro atoms. The highest BCUT2D eigenvalue weighted by Crippen LogP contribution is 2.27. The van der Waals surface area contributed by atoms with Crippen LogP contribution in [-0.4, -0.2) is 20.7 Å². The Labute approximate surface area is 194 Å². The van der Waals surface area contributed by atoms with Crippen LogP contribution < -0.4 is 5.32 Å². The zero-order chi connectivity index (χ0) is 22.9. The van der Waals surface area contributed by atoms with Gasteiger partial charge in [0.15, 0.2) is 5.82 Å². The second kappa shape index (κ2) is 8.48. The lowest BCUT2D eigenvalue weighted by Gasteiger charge is -2.10. The number of carbonyl (C=O) groups excluding carboxylic acids is 1. The largest absolute Gasteiger partial charge is 0.319 e. The van der Waals surface area contributed by atoms with E-state index in [-0.39, 0.29) is 11.6 Å². The molecule has 1 amide bonds. The van der Waals surface area contributed by atoms with E-state index in [4.69, 9.17) is 11.6 Å². The lowest BCUT2D eigenvalue weighted by Crippen LogP contribution is -2.14. The minimum absolute atomic E-state index is 0.0122. The van der Waals surface area contributed by atoms with E-state index in [0.29, 0.717) is 27.8 Å². The van der Waals surface area contributed by atoms with Crippen molar-refractivity contribution in [3.05, 3.63) is 107 Å². The van der Waals surface area contributed by atoms with Gasteiger partial charge in [-0.15, -0.1) is 5.10 Å².